The standard InChI is InChI=1S/C19H33N/c1-6-8-9-10-11-19(20-12-7-2)18-14-16(4)15(3)13-17(18)5/h13-14,19-20H,6-12H2,1-5H3. The third-order valence-corrected chi connectivity index (χ3v) is 4.24. The van der Waals surface area contributed by atoms with E-state index in [0.29, 0.717) is 6.04 Å². The fourth-order valence-corrected chi connectivity index (χ4v) is 2.82. The third-order valence-electron chi connectivity index (χ3n) is 4.24. The maximum Gasteiger partial charge on any atom is 0.0322 e. The van der Waals surface area contributed by atoms with E-state index >= 15 is 0 Å². The summed E-state index contributed by atoms with van der Waals surface area (Å²) in [6, 6.07) is 5.28. The number of unbranched alkanes of at least 4 members (excludes halogenated alkanes) is 3. The molecule has 114 valence electrons. The van der Waals surface area contributed by atoms with Crippen LogP contribution in [0.4, 0.5) is 0 Å². The van der Waals surface area contributed by atoms with Gasteiger partial charge in [0.1, 0.15) is 0 Å². The second-order valence-corrected chi connectivity index (χ2v) is 6.15. The van der Waals surface area contributed by atoms with Gasteiger partial charge in [-0.15, -0.1) is 0 Å². The van der Waals surface area contributed by atoms with Crippen LogP contribution in [0.5, 0.6) is 0 Å². The molecule has 0 bridgehead atoms. The highest BCUT2D eigenvalue weighted by Gasteiger charge is 2.13. The van der Waals surface area contributed by atoms with E-state index in [0.717, 1.165) is 6.54 Å². The van der Waals surface area contributed by atoms with Crippen molar-refractivity contribution in [2.24, 2.45) is 0 Å². The summed E-state index contributed by atoms with van der Waals surface area (Å²) in [4.78, 5) is 0. The molecule has 20 heavy (non-hydrogen) atoms. The lowest BCUT2D eigenvalue weighted by Crippen LogP contribution is -2.23. The summed E-state index contributed by atoms with van der Waals surface area (Å²) in [5, 5.41) is 3.75. The Balaban J connectivity index is 2.78. The summed E-state index contributed by atoms with van der Waals surface area (Å²) in [6.07, 6.45) is 7.85. The highest BCUT2D eigenvalue weighted by Crippen LogP contribution is 2.26. The van der Waals surface area contributed by atoms with E-state index in [1.54, 1.807) is 0 Å². The molecule has 0 saturated carbocycles. The number of rotatable bonds is 9. The molecule has 1 atom stereocenters. The van der Waals surface area contributed by atoms with Crippen molar-refractivity contribution >= 4 is 0 Å². The molecule has 0 aliphatic carbocycles. The van der Waals surface area contributed by atoms with Crippen LogP contribution in [-0.4, -0.2) is 6.54 Å². The summed E-state index contributed by atoms with van der Waals surface area (Å²) in [5.74, 6) is 0. The third kappa shape index (κ3) is 5.28. The van der Waals surface area contributed by atoms with Gasteiger partial charge in [0.2, 0.25) is 0 Å². The molecule has 1 aromatic carbocycles. The molecule has 0 radical (unpaired) electrons. The molecule has 1 aromatic rings. The van der Waals surface area contributed by atoms with Gasteiger partial charge in [-0.1, -0.05) is 51.7 Å². The minimum absolute atomic E-state index is 0.533. The molecule has 0 aliphatic heterocycles. The number of nitrogens with one attached hydrogen (secondary N) is 1. The Kier molecular flexibility index (Phi) is 7.91. The topological polar surface area (TPSA) is 12.0 Å². The Bertz CT molecular complexity index is 395. The fraction of sp³-hybridized carbons (Fsp3) is 0.684. The first-order valence-corrected chi connectivity index (χ1v) is 8.41. The lowest BCUT2D eigenvalue weighted by Gasteiger charge is -2.22. The van der Waals surface area contributed by atoms with Crippen molar-refractivity contribution in [1.29, 1.82) is 0 Å². The molecule has 1 rings (SSSR count). The number of hydrogen-bond donors (Lipinski definition) is 1. The molecule has 0 aromatic heterocycles. The monoisotopic (exact) mass is 275 g/mol. The van der Waals surface area contributed by atoms with Crippen molar-refractivity contribution in [3.05, 3.63) is 34.4 Å². The Labute approximate surface area is 126 Å². The molecular formula is C19H33N. The maximum atomic E-state index is 3.75. The predicted octanol–water partition coefficient (Wildman–Crippen LogP) is 5.62. The highest BCUT2D eigenvalue weighted by atomic mass is 14.9. The van der Waals surface area contributed by atoms with Crippen LogP contribution in [-0.2, 0) is 0 Å². The van der Waals surface area contributed by atoms with Gasteiger partial charge in [-0.05, 0) is 62.4 Å². The van der Waals surface area contributed by atoms with Gasteiger partial charge in [0, 0.05) is 6.04 Å². The molecule has 0 aliphatic rings. The maximum absolute atomic E-state index is 3.75. The van der Waals surface area contributed by atoms with Gasteiger partial charge in [-0.3, -0.25) is 0 Å². The zero-order valence-electron chi connectivity index (χ0n) is 14.2. The lowest BCUT2D eigenvalue weighted by molar-refractivity contribution is 0.468. The zero-order chi connectivity index (χ0) is 15.0. The SMILES string of the molecule is CCCCCCC(NCCC)c1cc(C)c(C)cc1C. The minimum atomic E-state index is 0.533. The molecule has 1 N–H and O–H groups in total. The Morgan fingerprint density at radius 2 is 1.55 bits per heavy atom. The lowest BCUT2D eigenvalue weighted by atomic mass is 9.92. The first kappa shape index (κ1) is 17.2. The Morgan fingerprint density at radius 3 is 2.20 bits per heavy atom. The van der Waals surface area contributed by atoms with Crippen LogP contribution in [0.25, 0.3) is 0 Å². The van der Waals surface area contributed by atoms with E-state index in [1.807, 2.05) is 0 Å². The fourth-order valence-electron chi connectivity index (χ4n) is 2.82. The Hall–Kier alpha value is -0.820. The van der Waals surface area contributed by atoms with Crippen LogP contribution < -0.4 is 5.32 Å². The first-order valence-electron chi connectivity index (χ1n) is 8.41. The van der Waals surface area contributed by atoms with Crippen molar-refractivity contribution in [3.8, 4) is 0 Å². The van der Waals surface area contributed by atoms with Gasteiger partial charge in [0.05, 0.1) is 0 Å². The minimum Gasteiger partial charge on any atom is -0.310 e. The average Bonchev–Trinajstić information content (AvgIpc) is 2.42. The van der Waals surface area contributed by atoms with Gasteiger partial charge in [-0.25, -0.2) is 0 Å². The van der Waals surface area contributed by atoms with Gasteiger partial charge in [0.25, 0.3) is 0 Å². The van der Waals surface area contributed by atoms with Crippen LogP contribution in [0, 0.1) is 20.8 Å². The van der Waals surface area contributed by atoms with Crippen LogP contribution in [0.3, 0.4) is 0 Å². The van der Waals surface area contributed by atoms with Gasteiger partial charge < -0.3 is 5.32 Å². The van der Waals surface area contributed by atoms with Crippen molar-refractivity contribution in [2.75, 3.05) is 6.54 Å². The van der Waals surface area contributed by atoms with E-state index < -0.39 is 0 Å². The molecule has 1 nitrogen and oxygen atoms in total. The summed E-state index contributed by atoms with van der Waals surface area (Å²) < 4.78 is 0. The number of hydrogen-bond acceptors (Lipinski definition) is 1. The summed E-state index contributed by atoms with van der Waals surface area (Å²) in [7, 11) is 0. The summed E-state index contributed by atoms with van der Waals surface area (Å²) in [5.41, 5.74) is 5.78. The summed E-state index contributed by atoms with van der Waals surface area (Å²) >= 11 is 0. The largest absolute Gasteiger partial charge is 0.310 e. The quantitative estimate of drug-likeness (QED) is 0.576. The van der Waals surface area contributed by atoms with Crippen LogP contribution in [0.1, 0.15) is 80.7 Å². The smallest absolute Gasteiger partial charge is 0.0322 e. The van der Waals surface area contributed by atoms with Gasteiger partial charge in [-0.2, -0.15) is 0 Å². The number of benzene rings is 1. The van der Waals surface area contributed by atoms with Gasteiger partial charge in [0.15, 0.2) is 0 Å². The molecule has 1 heteroatoms. The average molecular weight is 275 g/mol. The van der Waals surface area contributed by atoms with E-state index in [9.17, 15) is 0 Å². The molecule has 0 fully saturated rings. The molecule has 1 unspecified atom stereocenters. The number of aryl methyl sites for hydroxylation is 3. The molecule has 0 spiro atoms. The Morgan fingerprint density at radius 1 is 0.850 bits per heavy atom. The van der Waals surface area contributed by atoms with Crippen LogP contribution in [0.15, 0.2) is 12.1 Å². The molecule has 0 saturated heterocycles. The van der Waals surface area contributed by atoms with Crippen LogP contribution in [0.2, 0.25) is 0 Å². The molecular weight excluding hydrogens is 242 g/mol. The zero-order valence-corrected chi connectivity index (χ0v) is 14.2. The summed E-state index contributed by atoms with van der Waals surface area (Å²) in [6.45, 7) is 12.3. The highest BCUT2D eigenvalue weighted by molar-refractivity contribution is 5.38. The predicted molar refractivity (Wildman–Crippen MR) is 90.4 cm³/mol. The van der Waals surface area contributed by atoms with E-state index in [4.69, 9.17) is 0 Å². The van der Waals surface area contributed by atoms with Crippen LogP contribution >= 0.6 is 0 Å². The van der Waals surface area contributed by atoms with Crippen molar-refractivity contribution < 1.29 is 0 Å². The first-order chi connectivity index (χ1) is 9.60. The molecule has 0 heterocycles. The second kappa shape index (κ2) is 9.18. The normalized spacial score (nSPS) is 12.7. The van der Waals surface area contributed by atoms with E-state index in [-0.39, 0.29) is 0 Å². The van der Waals surface area contributed by atoms with Crippen molar-refractivity contribution in [1.82, 2.24) is 5.32 Å². The van der Waals surface area contributed by atoms with E-state index in [1.165, 1.54) is 60.8 Å². The second-order valence-electron chi connectivity index (χ2n) is 6.15. The van der Waals surface area contributed by atoms with Crippen molar-refractivity contribution in [2.45, 2.75) is 79.2 Å². The van der Waals surface area contributed by atoms with Gasteiger partial charge >= 0.3 is 0 Å². The molecule has 0 amide bonds. The van der Waals surface area contributed by atoms with E-state index in [2.05, 4.69) is 52.1 Å². The van der Waals surface area contributed by atoms with Crippen molar-refractivity contribution in [3.63, 3.8) is 0 Å².